The molecular weight excluding hydrogens is 209 g/mol. The van der Waals surface area contributed by atoms with E-state index in [9.17, 15) is 4.39 Å². The van der Waals surface area contributed by atoms with Crippen molar-refractivity contribution < 1.29 is 4.39 Å². The SMILES string of the molecule is CC(C)c1ncc(-c2ccc(F)cc2)s1. The second kappa shape index (κ2) is 4.11. The van der Waals surface area contributed by atoms with Crippen LogP contribution in [-0.2, 0) is 0 Å². The second-order valence-electron chi connectivity index (χ2n) is 3.72. The van der Waals surface area contributed by atoms with Crippen LogP contribution in [0.3, 0.4) is 0 Å². The van der Waals surface area contributed by atoms with Crippen molar-refractivity contribution in [3.63, 3.8) is 0 Å². The van der Waals surface area contributed by atoms with Gasteiger partial charge in [-0.2, -0.15) is 0 Å². The molecule has 2 aromatic rings. The Balaban J connectivity index is 2.33. The Morgan fingerprint density at radius 2 is 1.87 bits per heavy atom. The molecule has 0 saturated heterocycles. The zero-order valence-corrected chi connectivity index (χ0v) is 9.51. The van der Waals surface area contributed by atoms with Gasteiger partial charge in [-0.3, -0.25) is 0 Å². The van der Waals surface area contributed by atoms with Crippen LogP contribution in [0.15, 0.2) is 30.5 Å². The van der Waals surface area contributed by atoms with Crippen molar-refractivity contribution in [2.24, 2.45) is 0 Å². The molecule has 1 aromatic carbocycles. The van der Waals surface area contributed by atoms with Crippen LogP contribution < -0.4 is 0 Å². The number of halogens is 1. The molecule has 0 aliphatic rings. The minimum Gasteiger partial charge on any atom is -0.249 e. The molecule has 3 heteroatoms. The lowest BCUT2D eigenvalue weighted by Crippen LogP contribution is -1.81. The van der Waals surface area contributed by atoms with Gasteiger partial charge in [0.05, 0.1) is 9.88 Å². The van der Waals surface area contributed by atoms with E-state index in [0.717, 1.165) is 15.4 Å². The molecule has 0 unspecified atom stereocenters. The van der Waals surface area contributed by atoms with E-state index < -0.39 is 0 Å². The van der Waals surface area contributed by atoms with Crippen LogP contribution in [0, 0.1) is 5.82 Å². The van der Waals surface area contributed by atoms with Gasteiger partial charge < -0.3 is 0 Å². The number of nitrogens with zero attached hydrogens (tertiary/aromatic N) is 1. The van der Waals surface area contributed by atoms with Gasteiger partial charge in [0.15, 0.2) is 0 Å². The molecule has 0 bridgehead atoms. The minimum absolute atomic E-state index is 0.202. The molecule has 0 fully saturated rings. The van der Waals surface area contributed by atoms with Crippen molar-refractivity contribution in [2.45, 2.75) is 19.8 Å². The third-order valence-corrected chi connectivity index (χ3v) is 3.49. The van der Waals surface area contributed by atoms with Crippen LogP contribution in [0.5, 0.6) is 0 Å². The summed E-state index contributed by atoms with van der Waals surface area (Å²) in [5.74, 6) is 0.247. The van der Waals surface area contributed by atoms with Crippen molar-refractivity contribution in [2.75, 3.05) is 0 Å². The molecule has 0 amide bonds. The standard InChI is InChI=1S/C12H12FNS/c1-8(2)12-14-7-11(15-12)9-3-5-10(13)6-4-9/h3-8H,1-2H3. The molecule has 78 valence electrons. The summed E-state index contributed by atoms with van der Waals surface area (Å²) in [6.45, 7) is 4.24. The Bertz CT molecular complexity index is 445. The van der Waals surface area contributed by atoms with Gasteiger partial charge in [0.25, 0.3) is 0 Å². The largest absolute Gasteiger partial charge is 0.249 e. The van der Waals surface area contributed by atoms with Gasteiger partial charge in [-0.1, -0.05) is 26.0 Å². The monoisotopic (exact) mass is 221 g/mol. The van der Waals surface area contributed by atoms with Crippen molar-refractivity contribution in [1.82, 2.24) is 4.98 Å². The van der Waals surface area contributed by atoms with Gasteiger partial charge in [0, 0.05) is 12.1 Å². The van der Waals surface area contributed by atoms with E-state index in [1.165, 1.54) is 12.1 Å². The highest BCUT2D eigenvalue weighted by molar-refractivity contribution is 7.15. The van der Waals surface area contributed by atoms with Crippen LogP contribution in [0.2, 0.25) is 0 Å². The highest BCUT2D eigenvalue weighted by atomic mass is 32.1. The normalized spacial score (nSPS) is 10.9. The Hall–Kier alpha value is -1.22. The fourth-order valence-electron chi connectivity index (χ4n) is 1.30. The number of rotatable bonds is 2. The van der Waals surface area contributed by atoms with Crippen molar-refractivity contribution in [3.05, 3.63) is 41.3 Å². The summed E-state index contributed by atoms with van der Waals surface area (Å²) in [4.78, 5) is 5.44. The molecule has 0 saturated carbocycles. The number of thiazole rings is 1. The zero-order valence-electron chi connectivity index (χ0n) is 8.70. The van der Waals surface area contributed by atoms with Crippen LogP contribution in [-0.4, -0.2) is 4.98 Å². The van der Waals surface area contributed by atoms with E-state index in [1.54, 1.807) is 23.5 Å². The maximum absolute atomic E-state index is 12.7. The summed E-state index contributed by atoms with van der Waals surface area (Å²) in [7, 11) is 0. The summed E-state index contributed by atoms with van der Waals surface area (Å²) >= 11 is 1.67. The fourth-order valence-corrected chi connectivity index (χ4v) is 2.23. The molecule has 1 heterocycles. The molecule has 0 N–H and O–H groups in total. The van der Waals surface area contributed by atoms with Crippen molar-refractivity contribution in [1.29, 1.82) is 0 Å². The van der Waals surface area contributed by atoms with E-state index in [1.807, 2.05) is 6.20 Å². The first kappa shape index (κ1) is 10.3. The summed E-state index contributed by atoms with van der Waals surface area (Å²) < 4.78 is 12.7. The van der Waals surface area contributed by atoms with Gasteiger partial charge in [-0.05, 0) is 17.7 Å². The highest BCUT2D eigenvalue weighted by Gasteiger charge is 2.07. The van der Waals surface area contributed by atoms with E-state index in [4.69, 9.17) is 0 Å². The molecule has 1 aromatic heterocycles. The predicted molar refractivity (Wildman–Crippen MR) is 61.6 cm³/mol. The summed E-state index contributed by atoms with van der Waals surface area (Å²) in [5.41, 5.74) is 1.03. The lowest BCUT2D eigenvalue weighted by Gasteiger charge is -1.97. The Morgan fingerprint density at radius 3 is 2.40 bits per heavy atom. The molecule has 0 radical (unpaired) electrons. The van der Waals surface area contributed by atoms with Gasteiger partial charge in [-0.15, -0.1) is 11.3 Å². The first-order valence-electron chi connectivity index (χ1n) is 4.88. The maximum atomic E-state index is 12.7. The minimum atomic E-state index is -0.202. The molecule has 1 nitrogen and oxygen atoms in total. The molecule has 0 aliphatic carbocycles. The lowest BCUT2D eigenvalue weighted by atomic mass is 10.2. The van der Waals surface area contributed by atoms with Crippen LogP contribution in [0.25, 0.3) is 10.4 Å². The summed E-state index contributed by atoms with van der Waals surface area (Å²) in [6.07, 6.45) is 1.85. The average molecular weight is 221 g/mol. The third kappa shape index (κ3) is 2.23. The van der Waals surface area contributed by atoms with Gasteiger partial charge >= 0.3 is 0 Å². The van der Waals surface area contributed by atoms with E-state index in [0.29, 0.717) is 5.92 Å². The summed E-state index contributed by atoms with van der Waals surface area (Å²) in [5, 5.41) is 1.12. The lowest BCUT2D eigenvalue weighted by molar-refractivity contribution is 0.628. The van der Waals surface area contributed by atoms with E-state index in [2.05, 4.69) is 18.8 Å². The Morgan fingerprint density at radius 1 is 1.20 bits per heavy atom. The third-order valence-electron chi connectivity index (χ3n) is 2.15. The quantitative estimate of drug-likeness (QED) is 0.744. The molecule has 0 aliphatic heterocycles. The Kier molecular flexibility index (Phi) is 2.82. The van der Waals surface area contributed by atoms with Gasteiger partial charge in [0.2, 0.25) is 0 Å². The van der Waals surface area contributed by atoms with Crippen molar-refractivity contribution >= 4 is 11.3 Å². The molecule has 15 heavy (non-hydrogen) atoms. The molecule has 2 rings (SSSR count). The summed E-state index contributed by atoms with van der Waals surface area (Å²) in [6, 6.07) is 6.52. The number of benzene rings is 1. The van der Waals surface area contributed by atoms with E-state index in [-0.39, 0.29) is 5.82 Å². The predicted octanol–water partition coefficient (Wildman–Crippen LogP) is 4.07. The van der Waals surface area contributed by atoms with E-state index >= 15 is 0 Å². The highest BCUT2D eigenvalue weighted by Crippen LogP contribution is 2.29. The zero-order chi connectivity index (χ0) is 10.8. The number of hydrogen-bond donors (Lipinski definition) is 0. The smallest absolute Gasteiger partial charge is 0.123 e. The number of aromatic nitrogens is 1. The second-order valence-corrected chi connectivity index (χ2v) is 4.79. The fraction of sp³-hybridized carbons (Fsp3) is 0.250. The first-order chi connectivity index (χ1) is 7.16. The van der Waals surface area contributed by atoms with Crippen LogP contribution in [0.4, 0.5) is 4.39 Å². The van der Waals surface area contributed by atoms with Gasteiger partial charge in [0.1, 0.15) is 5.82 Å². The topological polar surface area (TPSA) is 12.9 Å². The van der Waals surface area contributed by atoms with Crippen molar-refractivity contribution in [3.8, 4) is 10.4 Å². The van der Waals surface area contributed by atoms with Crippen LogP contribution in [0.1, 0.15) is 24.8 Å². The number of hydrogen-bond acceptors (Lipinski definition) is 2. The molecule has 0 spiro atoms. The maximum Gasteiger partial charge on any atom is 0.123 e. The Labute approximate surface area is 92.6 Å². The molecule has 0 atom stereocenters. The first-order valence-corrected chi connectivity index (χ1v) is 5.70. The van der Waals surface area contributed by atoms with Gasteiger partial charge in [-0.25, -0.2) is 9.37 Å². The van der Waals surface area contributed by atoms with Crippen LogP contribution >= 0.6 is 11.3 Å². The molecular formula is C12H12FNS. The average Bonchev–Trinajstić information content (AvgIpc) is 2.68.